The largest absolute Gasteiger partial charge is 0.350 e. The topological polar surface area (TPSA) is 84.0 Å². The summed E-state index contributed by atoms with van der Waals surface area (Å²) >= 11 is 1.34. The number of hydrogen-bond acceptors (Lipinski definition) is 5. The Morgan fingerprint density at radius 1 is 1.22 bits per heavy atom. The highest BCUT2D eigenvalue weighted by Crippen LogP contribution is 2.41. The van der Waals surface area contributed by atoms with Gasteiger partial charge in [0.2, 0.25) is 5.01 Å². The minimum Gasteiger partial charge on any atom is -0.350 e. The number of amides is 2. The van der Waals surface area contributed by atoms with E-state index in [-0.39, 0.29) is 17.9 Å². The molecule has 7 heteroatoms. The first-order chi connectivity index (χ1) is 11.0. The van der Waals surface area contributed by atoms with Crippen molar-refractivity contribution >= 4 is 28.8 Å². The van der Waals surface area contributed by atoms with Crippen LogP contribution >= 0.6 is 11.3 Å². The van der Waals surface area contributed by atoms with Crippen LogP contribution in [0.4, 0.5) is 5.69 Å². The van der Waals surface area contributed by atoms with Gasteiger partial charge in [0.1, 0.15) is 5.01 Å². The second kappa shape index (κ2) is 6.45. The molecule has 1 heterocycles. The van der Waals surface area contributed by atoms with Gasteiger partial charge in [-0.2, -0.15) is 0 Å². The monoisotopic (exact) mass is 330 g/mol. The number of nitrogens with one attached hydrogen (secondary N) is 2. The van der Waals surface area contributed by atoms with Gasteiger partial charge in [0.05, 0.1) is 0 Å². The number of hydrogen-bond donors (Lipinski definition) is 2. The predicted octanol–water partition coefficient (Wildman–Crippen LogP) is 2.81. The highest BCUT2D eigenvalue weighted by Gasteiger charge is 2.28. The molecule has 0 radical (unpaired) electrons. The molecule has 0 bridgehead atoms. The van der Waals surface area contributed by atoms with Gasteiger partial charge in [-0.1, -0.05) is 17.4 Å². The molecule has 0 unspecified atom stereocenters. The summed E-state index contributed by atoms with van der Waals surface area (Å²) in [5.41, 5.74) is 1.07. The van der Waals surface area contributed by atoms with E-state index < -0.39 is 0 Å². The first-order valence-electron chi connectivity index (χ1n) is 7.58. The van der Waals surface area contributed by atoms with Crippen LogP contribution in [0.5, 0.6) is 0 Å². The number of carbonyl (C=O) groups excluding carboxylic acids is 2. The average molecular weight is 330 g/mol. The zero-order chi connectivity index (χ0) is 16.4. The number of benzene rings is 1. The summed E-state index contributed by atoms with van der Waals surface area (Å²) in [7, 11) is 0. The molecule has 6 nitrogen and oxygen atoms in total. The van der Waals surface area contributed by atoms with Crippen LogP contribution in [0, 0.1) is 0 Å². The van der Waals surface area contributed by atoms with Crippen LogP contribution in [0.15, 0.2) is 24.3 Å². The Morgan fingerprint density at radius 3 is 2.70 bits per heavy atom. The normalized spacial score (nSPS) is 13.9. The summed E-state index contributed by atoms with van der Waals surface area (Å²) in [5, 5.41) is 14.9. The molecule has 2 aromatic rings. The average Bonchev–Trinajstić information content (AvgIpc) is 3.24. The fraction of sp³-hybridized carbons (Fsp3) is 0.375. The molecule has 1 fully saturated rings. The van der Waals surface area contributed by atoms with E-state index in [1.165, 1.54) is 11.3 Å². The SMILES string of the molecule is CC(C)NC(=O)c1cccc(NC(=O)c2nnc(C3CC3)s2)c1. The van der Waals surface area contributed by atoms with Crippen molar-refractivity contribution < 1.29 is 9.59 Å². The van der Waals surface area contributed by atoms with Crippen molar-refractivity contribution in [1.29, 1.82) is 0 Å². The first-order valence-corrected chi connectivity index (χ1v) is 8.40. The van der Waals surface area contributed by atoms with E-state index in [1.54, 1.807) is 24.3 Å². The molecule has 1 aromatic heterocycles. The van der Waals surface area contributed by atoms with Crippen LogP contribution in [0.25, 0.3) is 0 Å². The molecule has 1 saturated carbocycles. The Bertz CT molecular complexity index is 737. The Kier molecular flexibility index (Phi) is 4.38. The molecule has 0 atom stereocenters. The van der Waals surface area contributed by atoms with E-state index in [9.17, 15) is 9.59 Å². The molecule has 0 spiro atoms. The molecule has 1 aliphatic rings. The summed E-state index contributed by atoms with van der Waals surface area (Å²) in [6.45, 7) is 3.80. The fourth-order valence-electron chi connectivity index (χ4n) is 2.09. The summed E-state index contributed by atoms with van der Waals surface area (Å²) < 4.78 is 0. The lowest BCUT2D eigenvalue weighted by Gasteiger charge is -2.09. The maximum absolute atomic E-state index is 12.2. The van der Waals surface area contributed by atoms with Crippen LogP contribution in [0.3, 0.4) is 0 Å². The Morgan fingerprint density at radius 2 is 2.00 bits per heavy atom. The number of nitrogens with zero attached hydrogens (tertiary/aromatic N) is 2. The lowest BCUT2D eigenvalue weighted by molar-refractivity contribution is 0.0941. The lowest BCUT2D eigenvalue weighted by atomic mass is 10.2. The van der Waals surface area contributed by atoms with Crippen LogP contribution in [-0.2, 0) is 0 Å². The lowest BCUT2D eigenvalue weighted by Crippen LogP contribution is -2.30. The van der Waals surface area contributed by atoms with E-state index in [0.29, 0.717) is 22.2 Å². The van der Waals surface area contributed by atoms with Crippen molar-refractivity contribution in [2.24, 2.45) is 0 Å². The Labute approximate surface area is 138 Å². The molecule has 1 aromatic carbocycles. The molecule has 3 rings (SSSR count). The van der Waals surface area contributed by atoms with Gasteiger partial charge >= 0.3 is 0 Å². The number of aromatic nitrogens is 2. The van der Waals surface area contributed by atoms with E-state index in [2.05, 4.69) is 20.8 Å². The third kappa shape index (κ3) is 3.92. The zero-order valence-corrected chi connectivity index (χ0v) is 13.8. The second-order valence-corrected chi connectivity index (χ2v) is 6.89. The molecule has 1 aliphatic carbocycles. The van der Waals surface area contributed by atoms with Crippen LogP contribution in [0.1, 0.15) is 57.8 Å². The van der Waals surface area contributed by atoms with Gasteiger partial charge in [-0.05, 0) is 44.9 Å². The van der Waals surface area contributed by atoms with E-state index in [1.807, 2.05) is 13.8 Å². The highest BCUT2D eigenvalue weighted by molar-refractivity contribution is 7.13. The van der Waals surface area contributed by atoms with Crippen LogP contribution in [-0.4, -0.2) is 28.1 Å². The molecule has 23 heavy (non-hydrogen) atoms. The van der Waals surface area contributed by atoms with Gasteiger partial charge in [0, 0.05) is 23.2 Å². The fourth-order valence-corrected chi connectivity index (χ4v) is 3.00. The number of anilines is 1. The first kappa shape index (κ1) is 15.6. The smallest absolute Gasteiger partial charge is 0.286 e. The molecule has 120 valence electrons. The van der Waals surface area contributed by atoms with Crippen molar-refractivity contribution in [3.63, 3.8) is 0 Å². The van der Waals surface area contributed by atoms with Crippen molar-refractivity contribution in [3.05, 3.63) is 39.8 Å². The van der Waals surface area contributed by atoms with Gasteiger partial charge in [-0.25, -0.2) is 0 Å². The van der Waals surface area contributed by atoms with E-state index >= 15 is 0 Å². The van der Waals surface area contributed by atoms with Crippen LogP contribution in [0.2, 0.25) is 0 Å². The van der Waals surface area contributed by atoms with Crippen molar-refractivity contribution in [1.82, 2.24) is 15.5 Å². The standard InChI is InChI=1S/C16H18N4O2S/c1-9(2)17-13(21)11-4-3-5-12(8-11)18-14(22)16-20-19-15(23-16)10-6-7-10/h3-5,8-10H,6-7H2,1-2H3,(H,17,21)(H,18,22). The maximum atomic E-state index is 12.2. The van der Waals surface area contributed by atoms with Gasteiger partial charge in [0.15, 0.2) is 0 Å². The van der Waals surface area contributed by atoms with E-state index in [4.69, 9.17) is 0 Å². The predicted molar refractivity (Wildman–Crippen MR) is 88.9 cm³/mol. The van der Waals surface area contributed by atoms with Crippen LogP contribution < -0.4 is 10.6 Å². The summed E-state index contributed by atoms with van der Waals surface area (Å²) in [6.07, 6.45) is 2.26. The molecular weight excluding hydrogens is 312 g/mol. The number of rotatable bonds is 5. The Hall–Kier alpha value is -2.28. The van der Waals surface area contributed by atoms with Crippen molar-refractivity contribution in [2.75, 3.05) is 5.32 Å². The number of carbonyl (C=O) groups is 2. The minimum absolute atomic E-state index is 0.0583. The maximum Gasteiger partial charge on any atom is 0.286 e. The molecule has 2 N–H and O–H groups in total. The molecule has 0 aliphatic heterocycles. The third-order valence-corrected chi connectivity index (χ3v) is 4.45. The molecule has 0 saturated heterocycles. The zero-order valence-electron chi connectivity index (χ0n) is 13.0. The minimum atomic E-state index is -0.296. The van der Waals surface area contributed by atoms with Gasteiger partial charge < -0.3 is 10.6 Å². The quantitative estimate of drug-likeness (QED) is 0.883. The van der Waals surface area contributed by atoms with Gasteiger partial charge in [-0.3, -0.25) is 9.59 Å². The van der Waals surface area contributed by atoms with E-state index in [0.717, 1.165) is 17.8 Å². The molecule has 2 amide bonds. The van der Waals surface area contributed by atoms with Gasteiger partial charge in [-0.15, -0.1) is 10.2 Å². The second-order valence-electron chi connectivity index (χ2n) is 5.88. The summed E-state index contributed by atoms with van der Waals surface area (Å²) in [4.78, 5) is 24.2. The summed E-state index contributed by atoms with van der Waals surface area (Å²) in [6, 6.07) is 6.90. The molecular formula is C16H18N4O2S. The highest BCUT2D eigenvalue weighted by atomic mass is 32.1. The van der Waals surface area contributed by atoms with Gasteiger partial charge in [0.25, 0.3) is 11.8 Å². The summed E-state index contributed by atoms with van der Waals surface area (Å²) in [5.74, 6) is 0.0240. The Balaban J connectivity index is 1.69. The van der Waals surface area contributed by atoms with Crippen molar-refractivity contribution in [2.45, 2.75) is 38.6 Å². The van der Waals surface area contributed by atoms with Crippen molar-refractivity contribution in [3.8, 4) is 0 Å². The third-order valence-electron chi connectivity index (χ3n) is 3.36.